The number of rotatable bonds is 15. The summed E-state index contributed by atoms with van der Waals surface area (Å²) in [6.07, 6.45) is -31.3. The highest BCUT2D eigenvalue weighted by molar-refractivity contribution is 5.77. The Morgan fingerprint density at radius 1 is 0.618 bits per heavy atom. The van der Waals surface area contributed by atoms with Crippen LogP contribution in [0.25, 0.3) is 0 Å². The Morgan fingerprint density at radius 3 is 1.65 bits per heavy atom. The molecule has 55 heavy (non-hydrogen) atoms. The number of carboxylic acid groups (broad SMARTS) is 1. The summed E-state index contributed by atoms with van der Waals surface area (Å²) in [5.74, 6) is -2.84. The molecular weight excluding hydrogens is 752 g/mol. The van der Waals surface area contributed by atoms with Crippen LogP contribution in [0.5, 0.6) is 0 Å². The molecule has 4 rings (SSSR count). The van der Waals surface area contributed by atoms with Crippen molar-refractivity contribution in [2.45, 2.75) is 144 Å². The zero-order valence-electron chi connectivity index (χ0n) is 30.2. The third-order valence-corrected chi connectivity index (χ3v) is 9.52. The summed E-state index contributed by atoms with van der Waals surface area (Å²) in [5.41, 5.74) is 0. The summed E-state index contributed by atoms with van der Waals surface area (Å²) in [6.45, 7) is 1.02. The third kappa shape index (κ3) is 10.8. The van der Waals surface area contributed by atoms with Crippen LogP contribution in [0.3, 0.4) is 0 Å². The van der Waals surface area contributed by atoms with Gasteiger partial charge in [-0.3, -0.25) is 9.59 Å². The molecule has 0 aliphatic carbocycles. The van der Waals surface area contributed by atoms with E-state index in [-0.39, 0.29) is 0 Å². The molecule has 2 amide bonds. The smallest absolute Gasteiger partial charge is 0.329 e. The molecule has 318 valence electrons. The molecule has 12 N–H and O–H groups in total. The molecule has 0 unspecified atom stereocenters. The van der Waals surface area contributed by atoms with E-state index in [0.29, 0.717) is 0 Å². The fourth-order valence-electron chi connectivity index (χ4n) is 6.51. The van der Waals surface area contributed by atoms with Gasteiger partial charge in [-0.15, -0.1) is 0 Å². The number of nitrogens with one attached hydrogen (secondary N) is 2. The van der Waals surface area contributed by atoms with Gasteiger partial charge in [0.05, 0.1) is 18.8 Å². The zero-order chi connectivity index (χ0) is 40.9. The van der Waals surface area contributed by atoms with Gasteiger partial charge in [0, 0.05) is 20.6 Å². The lowest BCUT2D eigenvalue weighted by Crippen LogP contribution is -2.70. The van der Waals surface area contributed by atoms with Crippen molar-refractivity contribution in [3.63, 3.8) is 0 Å². The van der Waals surface area contributed by atoms with Gasteiger partial charge in [-0.1, -0.05) is 0 Å². The van der Waals surface area contributed by atoms with Crippen LogP contribution in [-0.4, -0.2) is 225 Å². The molecule has 20 atom stereocenters. The normalized spacial score (nSPS) is 45.1. The minimum Gasteiger partial charge on any atom is -0.480 e. The lowest BCUT2D eigenvalue weighted by molar-refractivity contribution is -0.389. The van der Waals surface area contributed by atoms with E-state index in [4.69, 9.17) is 47.7 Å². The number of carboxylic acids is 1. The van der Waals surface area contributed by atoms with Gasteiger partial charge in [0.15, 0.2) is 25.2 Å². The van der Waals surface area contributed by atoms with Gasteiger partial charge in [0.1, 0.15) is 98.6 Å². The number of aliphatic carboxylic acids is 1. The molecule has 4 saturated heterocycles. The number of hydrogen-bond donors (Lipinski definition) is 12. The van der Waals surface area contributed by atoms with Crippen molar-refractivity contribution in [1.82, 2.24) is 10.6 Å². The maximum atomic E-state index is 12.5. The van der Waals surface area contributed by atoms with Gasteiger partial charge >= 0.3 is 5.97 Å². The number of hydrogen-bond acceptors (Lipinski definition) is 21. The second-order valence-electron chi connectivity index (χ2n) is 13.6. The lowest BCUT2D eigenvalue weighted by Gasteiger charge is -2.51. The Labute approximate surface area is 313 Å². The molecule has 0 radical (unpaired) electrons. The van der Waals surface area contributed by atoms with Crippen molar-refractivity contribution in [2.24, 2.45) is 0 Å². The molecule has 0 aromatic carbocycles. The molecule has 0 aromatic rings. The number of amides is 2. The van der Waals surface area contributed by atoms with E-state index in [1.807, 2.05) is 0 Å². The maximum Gasteiger partial charge on any atom is 0.329 e. The first-order valence-electron chi connectivity index (χ1n) is 17.4. The Morgan fingerprint density at radius 2 is 1.15 bits per heavy atom. The summed E-state index contributed by atoms with van der Waals surface area (Å²) in [7, 11) is 1.20. The second kappa shape index (κ2) is 19.9. The molecule has 0 bridgehead atoms. The van der Waals surface area contributed by atoms with Crippen LogP contribution < -0.4 is 10.6 Å². The van der Waals surface area contributed by atoms with E-state index < -0.39 is 167 Å². The van der Waals surface area contributed by atoms with Crippen molar-refractivity contribution in [3.05, 3.63) is 0 Å². The van der Waals surface area contributed by atoms with Crippen LogP contribution in [0.15, 0.2) is 0 Å². The Bertz CT molecular complexity index is 1270. The van der Waals surface area contributed by atoms with Gasteiger partial charge in [-0.05, 0) is 13.8 Å². The third-order valence-electron chi connectivity index (χ3n) is 9.52. The van der Waals surface area contributed by atoms with Crippen LogP contribution in [0.2, 0.25) is 0 Å². The number of aliphatic hydroxyl groups is 9. The van der Waals surface area contributed by atoms with Gasteiger partial charge in [-0.2, -0.15) is 0 Å². The van der Waals surface area contributed by atoms with Gasteiger partial charge in [0.2, 0.25) is 11.8 Å². The van der Waals surface area contributed by atoms with Crippen molar-refractivity contribution in [2.75, 3.05) is 33.5 Å². The number of methoxy groups -OCH3 is 1. The van der Waals surface area contributed by atoms with Crippen molar-refractivity contribution >= 4 is 17.8 Å². The fraction of sp³-hybridized carbons (Fsp3) is 0.903. The van der Waals surface area contributed by atoms with Crippen molar-refractivity contribution < 1.29 is 108 Å². The first-order valence-corrected chi connectivity index (χ1v) is 17.4. The molecule has 24 nitrogen and oxygen atoms in total. The van der Waals surface area contributed by atoms with Gasteiger partial charge in [0.25, 0.3) is 0 Å². The van der Waals surface area contributed by atoms with Crippen LogP contribution in [0.4, 0.5) is 0 Å². The zero-order valence-corrected chi connectivity index (χ0v) is 30.2. The molecule has 0 aromatic heterocycles. The van der Waals surface area contributed by atoms with E-state index >= 15 is 0 Å². The van der Waals surface area contributed by atoms with Crippen LogP contribution in [0, 0.1) is 0 Å². The van der Waals surface area contributed by atoms with E-state index in [1.54, 1.807) is 0 Å². The number of carbonyl (C=O) groups excluding carboxylic acids is 2. The maximum absolute atomic E-state index is 12.5. The topological polar surface area (TPSA) is 361 Å². The number of carbonyl (C=O) groups is 3. The minimum absolute atomic E-state index is 0.548. The molecule has 4 fully saturated rings. The second-order valence-corrected chi connectivity index (χ2v) is 13.6. The van der Waals surface area contributed by atoms with E-state index in [0.717, 1.165) is 6.92 Å². The van der Waals surface area contributed by atoms with Crippen LogP contribution in [-0.2, 0) is 57.0 Å². The Kier molecular flexibility index (Phi) is 16.4. The average Bonchev–Trinajstić information content (AvgIpc) is 3.13. The Balaban J connectivity index is 1.71. The molecule has 4 aliphatic heterocycles. The predicted octanol–water partition coefficient (Wildman–Crippen LogP) is -7.67. The molecule has 4 heterocycles. The van der Waals surface area contributed by atoms with Crippen molar-refractivity contribution in [3.8, 4) is 0 Å². The largest absolute Gasteiger partial charge is 0.480 e. The Hall–Kier alpha value is -2.31. The number of ether oxygens (including phenoxy) is 9. The lowest BCUT2D eigenvalue weighted by atomic mass is 9.94. The first kappa shape index (κ1) is 45.4. The fourth-order valence-corrected chi connectivity index (χ4v) is 6.51. The summed E-state index contributed by atoms with van der Waals surface area (Å²) in [6, 6.07) is -1.38. The predicted molar refractivity (Wildman–Crippen MR) is 172 cm³/mol. The first-order chi connectivity index (χ1) is 25.9. The average molecular weight is 805 g/mol. The summed E-state index contributed by atoms with van der Waals surface area (Å²) < 4.78 is 51.4. The molecule has 0 saturated carbocycles. The van der Waals surface area contributed by atoms with Crippen LogP contribution in [0.1, 0.15) is 20.8 Å². The highest BCUT2D eigenvalue weighted by atomic mass is 16.8. The standard InChI is InChI=1S/C31H52N2O22/c1-9-17(39)20(42)23(45)29(49-9)53-25-13(6-34)52-28(47-4)16(33-11(3)35)26(25)54-31-27(55-30-24(46)21(43)18(40)10(2)50-30)22(44)19(41)12(51-31)5-32-14(36)7-48-8-15(37)38/h9-10,12-13,16-31,34,39-46H,5-8H2,1-4H3,(H,32,36)(H,33,35)(H,37,38)/t9-,10-,12+,13+,16+,17+,18+,19-,20+,21+,22-,23-,24-,25+,26+,27+,28+,29-,30-,31-/m0/s1. The molecule has 24 heteroatoms. The van der Waals surface area contributed by atoms with Gasteiger partial charge < -0.3 is 104 Å². The quantitative estimate of drug-likeness (QED) is 0.0731. The molecule has 0 spiro atoms. The molecular formula is C31H52N2O22. The summed E-state index contributed by atoms with van der Waals surface area (Å²) in [4.78, 5) is 35.6. The van der Waals surface area contributed by atoms with Gasteiger partial charge in [-0.25, -0.2) is 4.79 Å². The number of aliphatic hydroxyl groups excluding tert-OH is 9. The van der Waals surface area contributed by atoms with Crippen molar-refractivity contribution in [1.29, 1.82) is 0 Å². The summed E-state index contributed by atoms with van der Waals surface area (Å²) >= 11 is 0. The SMILES string of the molecule is CO[C@@H]1O[C@H](CO)[C@@H](O[C@@H]2O[C@@H](C)[C@@H](O)[C@@H](O)[C@@H]2O)[C@H](O[C@@H]2O[C@H](CNC(=O)COCC(=O)O)[C@H](O)[C@H](O)[C@H]2O[C@@H]2O[C@@H](C)[C@@H](O)[C@@H](O)[C@@H]2O)[C@H]1NC(C)=O. The summed E-state index contributed by atoms with van der Waals surface area (Å²) in [5, 5.41) is 109. The highest BCUT2D eigenvalue weighted by Crippen LogP contribution is 2.35. The van der Waals surface area contributed by atoms with Crippen LogP contribution >= 0.6 is 0 Å². The van der Waals surface area contributed by atoms with E-state index in [2.05, 4.69) is 10.6 Å². The van der Waals surface area contributed by atoms with E-state index in [9.17, 15) is 60.3 Å². The monoisotopic (exact) mass is 804 g/mol. The minimum atomic E-state index is -2.01. The molecule has 4 aliphatic rings. The van der Waals surface area contributed by atoms with E-state index in [1.165, 1.54) is 21.0 Å². The highest BCUT2D eigenvalue weighted by Gasteiger charge is 2.56.